The van der Waals surface area contributed by atoms with Crippen LogP contribution in [0.15, 0.2) is 53.6 Å². The minimum absolute atomic E-state index is 0.00522. The number of methoxy groups -OCH3 is 2. The van der Waals surface area contributed by atoms with Crippen LogP contribution in [0.4, 0.5) is 10.1 Å². The molecule has 1 aromatic carbocycles. The lowest BCUT2D eigenvalue weighted by Crippen LogP contribution is -2.31. The minimum Gasteiger partial charge on any atom is -0.491 e. The molecule has 3 heterocycles. The number of ether oxygens (including phenoxy) is 3. The van der Waals surface area contributed by atoms with Gasteiger partial charge >= 0.3 is 0 Å². The number of anilines is 1. The highest BCUT2D eigenvalue weighted by atomic mass is 19.1. The number of carbonyl (C=O) groups excluding carboxylic acids is 1. The normalized spacial score (nSPS) is 11.0. The van der Waals surface area contributed by atoms with Gasteiger partial charge in [0.05, 0.1) is 19.7 Å². The third-order valence-electron chi connectivity index (χ3n) is 5.54. The van der Waals surface area contributed by atoms with E-state index < -0.39 is 17.3 Å². The lowest BCUT2D eigenvalue weighted by molar-refractivity contribution is 0.102. The number of fused-ring (bicyclic) bond motifs is 1. The summed E-state index contributed by atoms with van der Waals surface area (Å²) < 4.78 is 32.7. The molecule has 0 aliphatic heterocycles. The topological polar surface area (TPSA) is 105 Å². The van der Waals surface area contributed by atoms with Gasteiger partial charge in [-0.2, -0.15) is 0 Å². The highest BCUT2D eigenvalue weighted by Crippen LogP contribution is 2.35. The molecule has 0 bridgehead atoms. The Bertz CT molecular complexity index is 1520. The molecule has 3 aromatic heterocycles. The van der Waals surface area contributed by atoms with E-state index in [1.807, 2.05) is 13.8 Å². The van der Waals surface area contributed by atoms with Crippen LogP contribution < -0.4 is 25.1 Å². The van der Waals surface area contributed by atoms with E-state index in [1.165, 1.54) is 37.1 Å². The number of aryl methyl sites for hydroxylation is 1. The van der Waals surface area contributed by atoms with Crippen LogP contribution in [0.3, 0.4) is 0 Å². The molecule has 0 aliphatic rings. The van der Waals surface area contributed by atoms with Gasteiger partial charge in [-0.25, -0.2) is 9.37 Å². The standard InChI is InChI=1S/C26H25FN4O5/c1-14(2)31-11-9-15(3)22(26(31)33)24(32)29-16-6-7-19(17(27)12-16)36-20-8-10-28-18-13-21(34-4)25(35-5)30-23(18)20/h6-14H,1-5H3,(H,29,32). The number of nitrogens with zero attached hydrogens (tertiary/aromatic N) is 3. The second kappa shape index (κ2) is 10.0. The van der Waals surface area contributed by atoms with E-state index >= 15 is 0 Å². The zero-order valence-corrected chi connectivity index (χ0v) is 20.5. The lowest BCUT2D eigenvalue weighted by Gasteiger charge is -2.14. The Hall–Kier alpha value is -4.47. The first-order chi connectivity index (χ1) is 17.2. The van der Waals surface area contributed by atoms with Crippen molar-refractivity contribution in [2.24, 2.45) is 0 Å². The lowest BCUT2D eigenvalue weighted by atomic mass is 10.1. The summed E-state index contributed by atoms with van der Waals surface area (Å²) in [7, 11) is 2.94. The third-order valence-corrected chi connectivity index (χ3v) is 5.54. The van der Waals surface area contributed by atoms with Gasteiger partial charge in [0, 0.05) is 42.3 Å². The summed E-state index contributed by atoms with van der Waals surface area (Å²) in [6.07, 6.45) is 3.15. The first kappa shape index (κ1) is 24.6. The molecule has 0 fully saturated rings. The van der Waals surface area contributed by atoms with Gasteiger partial charge in [0.1, 0.15) is 11.1 Å². The Morgan fingerprint density at radius 3 is 2.50 bits per heavy atom. The molecular weight excluding hydrogens is 467 g/mol. The fraction of sp³-hybridized carbons (Fsp3) is 0.231. The number of aromatic nitrogens is 3. The van der Waals surface area contributed by atoms with Gasteiger partial charge in [0.15, 0.2) is 23.1 Å². The largest absolute Gasteiger partial charge is 0.491 e. The maximum atomic E-state index is 15.0. The molecule has 1 amide bonds. The first-order valence-electron chi connectivity index (χ1n) is 11.1. The van der Waals surface area contributed by atoms with E-state index in [2.05, 4.69) is 15.3 Å². The SMILES string of the molecule is COc1cc2nccc(Oc3ccc(NC(=O)c4c(C)ccn(C(C)C)c4=O)cc3F)c2nc1OC. The van der Waals surface area contributed by atoms with E-state index in [9.17, 15) is 14.0 Å². The van der Waals surface area contributed by atoms with E-state index in [0.717, 1.165) is 6.07 Å². The smallest absolute Gasteiger partial charge is 0.263 e. The molecule has 0 aliphatic carbocycles. The number of nitrogens with one attached hydrogen (secondary N) is 1. The third kappa shape index (κ3) is 4.70. The number of carbonyl (C=O) groups is 1. The Morgan fingerprint density at radius 1 is 1.06 bits per heavy atom. The summed E-state index contributed by atoms with van der Waals surface area (Å²) in [5.74, 6) is -0.543. The van der Waals surface area contributed by atoms with Crippen molar-refractivity contribution in [1.29, 1.82) is 0 Å². The van der Waals surface area contributed by atoms with Crippen molar-refractivity contribution in [3.8, 4) is 23.1 Å². The number of halogens is 1. The second-order valence-electron chi connectivity index (χ2n) is 8.26. The van der Waals surface area contributed by atoms with E-state index in [-0.39, 0.29) is 34.7 Å². The number of hydrogen-bond donors (Lipinski definition) is 1. The Balaban J connectivity index is 1.61. The highest BCUT2D eigenvalue weighted by Gasteiger charge is 2.19. The fourth-order valence-corrected chi connectivity index (χ4v) is 3.68. The molecule has 1 N–H and O–H groups in total. The van der Waals surface area contributed by atoms with Crippen LogP contribution in [-0.2, 0) is 0 Å². The number of hydrogen-bond acceptors (Lipinski definition) is 7. The molecule has 36 heavy (non-hydrogen) atoms. The Labute approximate surface area is 206 Å². The zero-order valence-electron chi connectivity index (χ0n) is 20.5. The Kier molecular flexibility index (Phi) is 6.86. The van der Waals surface area contributed by atoms with Gasteiger partial charge in [-0.05, 0) is 44.5 Å². The Morgan fingerprint density at radius 2 is 1.83 bits per heavy atom. The van der Waals surface area contributed by atoms with Gasteiger partial charge in [0.2, 0.25) is 0 Å². The van der Waals surface area contributed by atoms with Gasteiger partial charge in [-0.1, -0.05) is 0 Å². The number of amides is 1. The first-order valence-corrected chi connectivity index (χ1v) is 11.1. The highest BCUT2D eigenvalue weighted by molar-refractivity contribution is 6.05. The molecule has 9 nitrogen and oxygen atoms in total. The van der Waals surface area contributed by atoms with Crippen LogP contribution in [0.1, 0.15) is 35.8 Å². The van der Waals surface area contributed by atoms with Crippen molar-refractivity contribution in [3.63, 3.8) is 0 Å². The van der Waals surface area contributed by atoms with Crippen LogP contribution in [-0.4, -0.2) is 34.7 Å². The molecule has 0 saturated heterocycles. The summed E-state index contributed by atoms with van der Waals surface area (Å²) in [4.78, 5) is 34.2. The average molecular weight is 493 g/mol. The number of rotatable bonds is 7. The monoisotopic (exact) mass is 492 g/mol. The molecule has 0 radical (unpaired) electrons. The zero-order chi connectivity index (χ0) is 26.0. The second-order valence-corrected chi connectivity index (χ2v) is 8.26. The van der Waals surface area contributed by atoms with Crippen molar-refractivity contribution in [1.82, 2.24) is 14.5 Å². The molecule has 0 atom stereocenters. The molecule has 186 valence electrons. The summed E-state index contributed by atoms with van der Waals surface area (Å²) in [6.45, 7) is 5.37. The van der Waals surface area contributed by atoms with Crippen molar-refractivity contribution in [3.05, 3.63) is 76.1 Å². The van der Waals surface area contributed by atoms with Crippen LogP contribution in [0, 0.1) is 12.7 Å². The predicted octanol–water partition coefficient (Wildman–Crippen LogP) is 4.88. The fourth-order valence-electron chi connectivity index (χ4n) is 3.68. The quantitative estimate of drug-likeness (QED) is 0.392. The summed E-state index contributed by atoms with van der Waals surface area (Å²) in [6, 6.07) is 8.76. The molecule has 10 heteroatoms. The molecule has 0 unspecified atom stereocenters. The summed E-state index contributed by atoms with van der Waals surface area (Å²) in [5, 5.41) is 2.59. The van der Waals surface area contributed by atoms with Crippen molar-refractivity contribution < 1.29 is 23.4 Å². The van der Waals surface area contributed by atoms with Gasteiger partial charge in [-0.3, -0.25) is 14.6 Å². The predicted molar refractivity (Wildman–Crippen MR) is 133 cm³/mol. The van der Waals surface area contributed by atoms with E-state index in [1.54, 1.807) is 31.3 Å². The molecule has 0 saturated carbocycles. The molecular formula is C26H25FN4O5. The summed E-state index contributed by atoms with van der Waals surface area (Å²) in [5.41, 5.74) is 1.12. The molecule has 0 spiro atoms. The van der Waals surface area contributed by atoms with Crippen LogP contribution in [0.25, 0.3) is 11.0 Å². The van der Waals surface area contributed by atoms with Gasteiger partial charge in [0.25, 0.3) is 17.3 Å². The summed E-state index contributed by atoms with van der Waals surface area (Å²) >= 11 is 0. The average Bonchev–Trinajstić information content (AvgIpc) is 2.84. The van der Waals surface area contributed by atoms with Crippen molar-refractivity contribution in [2.45, 2.75) is 26.8 Å². The van der Waals surface area contributed by atoms with Crippen LogP contribution >= 0.6 is 0 Å². The maximum Gasteiger partial charge on any atom is 0.263 e. The van der Waals surface area contributed by atoms with E-state index in [4.69, 9.17) is 14.2 Å². The number of benzene rings is 1. The van der Waals surface area contributed by atoms with Gasteiger partial charge < -0.3 is 24.1 Å². The van der Waals surface area contributed by atoms with Crippen molar-refractivity contribution >= 4 is 22.6 Å². The van der Waals surface area contributed by atoms with Gasteiger partial charge in [-0.15, -0.1) is 0 Å². The van der Waals surface area contributed by atoms with Crippen LogP contribution in [0.2, 0.25) is 0 Å². The molecule has 4 aromatic rings. The van der Waals surface area contributed by atoms with Crippen LogP contribution in [0.5, 0.6) is 23.1 Å². The number of pyridine rings is 3. The van der Waals surface area contributed by atoms with Crippen molar-refractivity contribution in [2.75, 3.05) is 19.5 Å². The molecule has 4 rings (SSSR count). The minimum atomic E-state index is -0.720. The van der Waals surface area contributed by atoms with E-state index in [0.29, 0.717) is 22.3 Å². The maximum absolute atomic E-state index is 15.0.